The summed E-state index contributed by atoms with van der Waals surface area (Å²) in [6.45, 7) is 26.1. The average molecular weight is 801 g/mol. The summed E-state index contributed by atoms with van der Waals surface area (Å²) in [5.74, 6) is -0.251. The molecule has 1 aromatic heterocycles. The number of allylic oxidation sites excluding steroid dienone is 2. The first-order chi connectivity index (χ1) is 27.0. The van der Waals surface area contributed by atoms with Gasteiger partial charge in [-0.15, -0.1) is 0 Å². The molecule has 5 saturated carbocycles. The second kappa shape index (κ2) is 14.5. The average Bonchev–Trinajstić information content (AvgIpc) is 3.43. The predicted molar refractivity (Wildman–Crippen MR) is 223 cm³/mol. The van der Waals surface area contributed by atoms with E-state index in [1.165, 1.54) is 24.3 Å². The molecule has 0 saturated heterocycles. The Kier molecular flexibility index (Phi) is 10.7. The van der Waals surface area contributed by atoms with Crippen LogP contribution in [0, 0.1) is 68.0 Å². The molecule has 0 spiro atoms. The summed E-state index contributed by atoms with van der Waals surface area (Å²) in [5.41, 5.74) is 1.91. The number of ketones is 1. The molecule has 5 fully saturated rings. The van der Waals surface area contributed by atoms with Gasteiger partial charge in [0.1, 0.15) is 12.4 Å². The van der Waals surface area contributed by atoms with Crippen LogP contribution in [0.3, 0.4) is 0 Å². The highest BCUT2D eigenvalue weighted by atomic mass is 16.5. The van der Waals surface area contributed by atoms with E-state index >= 15 is 0 Å². The molecule has 0 aromatic carbocycles. The van der Waals surface area contributed by atoms with Crippen LogP contribution in [-0.2, 0) is 19.1 Å². The number of carboxylic acid groups (broad SMARTS) is 1. The molecule has 6 aliphatic carbocycles. The number of Topliss-reactive ketones (excluding diaryl/α,β-unsaturated/α-hetero) is 1. The Morgan fingerprint density at radius 3 is 2.21 bits per heavy atom. The normalized spacial score (nSPS) is 38.8. The van der Waals surface area contributed by atoms with Crippen LogP contribution < -0.4 is 10.6 Å². The number of hydrogen-bond acceptors (Lipinski definition) is 8. The van der Waals surface area contributed by atoms with Crippen molar-refractivity contribution in [2.45, 2.75) is 158 Å². The van der Waals surface area contributed by atoms with Gasteiger partial charge >= 0.3 is 11.9 Å². The number of amides is 1. The summed E-state index contributed by atoms with van der Waals surface area (Å²) < 4.78 is 6.43. The van der Waals surface area contributed by atoms with Crippen LogP contribution in [0.4, 0.5) is 0 Å². The van der Waals surface area contributed by atoms with Gasteiger partial charge in [-0.25, -0.2) is 9.97 Å². The number of ether oxygens (including phenoxy) is 1. The van der Waals surface area contributed by atoms with Crippen LogP contribution in [0.2, 0.25) is 0 Å². The fourth-order valence-electron chi connectivity index (χ4n) is 14.8. The van der Waals surface area contributed by atoms with Crippen molar-refractivity contribution < 1.29 is 29.0 Å². The summed E-state index contributed by atoms with van der Waals surface area (Å²) in [5, 5.41) is 16.5. The number of carboxylic acids is 1. The van der Waals surface area contributed by atoms with Gasteiger partial charge in [0.15, 0.2) is 5.78 Å². The second-order valence-corrected chi connectivity index (χ2v) is 22.7. The first-order valence-corrected chi connectivity index (χ1v) is 22.4. The van der Waals surface area contributed by atoms with Crippen molar-refractivity contribution in [3.05, 3.63) is 35.4 Å². The zero-order chi connectivity index (χ0) is 42.4. The van der Waals surface area contributed by atoms with E-state index in [4.69, 9.17) is 4.74 Å². The summed E-state index contributed by atoms with van der Waals surface area (Å²) in [6, 6.07) is 0. The molecule has 1 amide bonds. The first kappa shape index (κ1) is 43.0. The highest BCUT2D eigenvalue weighted by molar-refractivity contribution is 6.00. The predicted octanol–water partition coefficient (Wildman–Crippen LogP) is 8.60. The molecule has 3 N–H and O–H groups in total. The second-order valence-electron chi connectivity index (χ2n) is 22.7. The van der Waals surface area contributed by atoms with Crippen LogP contribution in [0.5, 0.6) is 0 Å². The zero-order valence-corrected chi connectivity index (χ0v) is 37.3. The van der Waals surface area contributed by atoms with Gasteiger partial charge in [0.25, 0.3) is 5.91 Å². The zero-order valence-electron chi connectivity index (χ0n) is 37.3. The Bertz CT molecular complexity index is 1850. The highest BCUT2D eigenvalue weighted by Gasteiger charge is 2.70. The van der Waals surface area contributed by atoms with Gasteiger partial charge < -0.3 is 20.5 Å². The third kappa shape index (κ3) is 6.59. The summed E-state index contributed by atoms with van der Waals surface area (Å²) in [7, 11) is 0. The molecule has 1 heterocycles. The van der Waals surface area contributed by atoms with Crippen molar-refractivity contribution in [3.8, 4) is 0 Å². The standard InChI is InChI=1S/C48H72N4O6/c1-28(2)37-33(53)23-48(20-21-49-26-42(3,4)52-39(54)29-24-50-27-51-25-29)19-18-46(10)30(38(37)48)12-13-35-45(9)16-15-36(44(7,8)34(45)14-17-47(35,46)11)58-41(57)32-22-31(40(55)56)43(32,5)6/h24-25,27-28,30-32,34-36,49H,12-23,26H2,1-11H3,(H,52,54)(H,55,56)/t30-,31+,32-,34+,35-,36+,45+,46-,47-,48-/m1/s1. The molecule has 0 bridgehead atoms. The molecule has 6 aliphatic rings. The van der Waals surface area contributed by atoms with Gasteiger partial charge in [-0.1, -0.05) is 67.9 Å². The fourth-order valence-corrected chi connectivity index (χ4v) is 14.8. The Balaban J connectivity index is 1.07. The quantitative estimate of drug-likeness (QED) is 0.148. The van der Waals surface area contributed by atoms with E-state index < -0.39 is 22.8 Å². The molecule has 0 unspecified atom stereocenters. The Labute approximate surface area is 347 Å². The minimum Gasteiger partial charge on any atom is -0.481 e. The number of hydrogen-bond donors (Lipinski definition) is 3. The van der Waals surface area contributed by atoms with Crippen molar-refractivity contribution in [2.75, 3.05) is 13.1 Å². The van der Waals surface area contributed by atoms with E-state index in [2.05, 4.69) is 69.1 Å². The van der Waals surface area contributed by atoms with E-state index in [-0.39, 0.29) is 56.9 Å². The maximum Gasteiger partial charge on any atom is 0.309 e. The van der Waals surface area contributed by atoms with Crippen LogP contribution in [0.25, 0.3) is 0 Å². The molecule has 1 aromatic rings. The molecule has 0 aliphatic heterocycles. The first-order valence-electron chi connectivity index (χ1n) is 22.4. The van der Waals surface area contributed by atoms with Crippen molar-refractivity contribution in [3.63, 3.8) is 0 Å². The minimum atomic E-state index is -0.826. The van der Waals surface area contributed by atoms with Gasteiger partial charge in [-0.2, -0.15) is 0 Å². The van der Waals surface area contributed by atoms with Crippen molar-refractivity contribution in [2.24, 2.45) is 68.0 Å². The van der Waals surface area contributed by atoms with Gasteiger partial charge in [-0.05, 0) is 136 Å². The van der Waals surface area contributed by atoms with Gasteiger partial charge in [0.2, 0.25) is 0 Å². The topological polar surface area (TPSA) is 148 Å². The molecule has 10 heteroatoms. The van der Waals surface area contributed by atoms with E-state index in [9.17, 15) is 24.3 Å². The number of rotatable bonds is 11. The lowest BCUT2D eigenvalue weighted by Gasteiger charge is -2.72. The van der Waals surface area contributed by atoms with E-state index in [1.807, 2.05) is 27.7 Å². The van der Waals surface area contributed by atoms with Crippen LogP contribution in [-0.4, -0.2) is 63.4 Å². The molecule has 320 valence electrons. The maximum absolute atomic E-state index is 14.1. The van der Waals surface area contributed by atoms with Crippen LogP contribution >= 0.6 is 0 Å². The summed E-state index contributed by atoms with van der Waals surface area (Å²) in [4.78, 5) is 60.4. The SMILES string of the molecule is CC(C)C1=C2[C@H]3CC[C@@H]4[C@@]5(C)CC[C@H](OC(=O)[C@H]6C[C@@H](C(=O)O)C6(C)C)C(C)(C)[C@@H]5CC[C@@]4(C)[C@]3(C)CC[C@@]2(CCNCC(C)(C)NC(=O)c2cncnc2)CC1=O. The lowest BCUT2D eigenvalue weighted by atomic mass is 9.33. The largest absolute Gasteiger partial charge is 0.481 e. The fraction of sp³-hybridized carbons (Fsp3) is 0.792. The number of esters is 1. The maximum atomic E-state index is 14.1. The van der Waals surface area contributed by atoms with E-state index in [1.54, 1.807) is 0 Å². The lowest BCUT2D eigenvalue weighted by Crippen LogP contribution is -2.66. The van der Waals surface area contributed by atoms with Gasteiger partial charge in [0.05, 0.1) is 17.4 Å². The lowest BCUT2D eigenvalue weighted by molar-refractivity contribution is -0.236. The molecular formula is C48H72N4O6. The molecule has 58 heavy (non-hydrogen) atoms. The van der Waals surface area contributed by atoms with Crippen molar-refractivity contribution >= 4 is 23.6 Å². The third-order valence-electron chi connectivity index (χ3n) is 18.2. The van der Waals surface area contributed by atoms with Crippen molar-refractivity contribution in [1.29, 1.82) is 0 Å². The number of carbonyl (C=O) groups excluding carboxylic acids is 3. The smallest absolute Gasteiger partial charge is 0.309 e. The Morgan fingerprint density at radius 2 is 1.57 bits per heavy atom. The number of carbonyl (C=O) groups is 4. The van der Waals surface area contributed by atoms with Crippen LogP contribution in [0.1, 0.15) is 157 Å². The number of aromatic nitrogens is 2. The van der Waals surface area contributed by atoms with E-state index in [0.717, 1.165) is 69.9 Å². The minimum absolute atomic E-state index is 0.0677. The third-order valence-corrected chi connectivity index (χ3v) is 18.2. The van der Waals surface area contributed by atoms with Gasteiger partial charge in [-0.3, -0.25) is 19.2 Å². The molecular weight excluding hydrogens is 729 g/mol. The number of nitrogens with zero attached hydrogens (tertiary/aromatic N) is 2. The Morgan fingerprint density at radius 1 is 0.879 bits per heavy atom. The van der Waals surface area contributed by atoms with Gasteiger partial charge in [0, 0.05) is 41.7 Å². The highest BCUT2D eigenvalue weighted by Crippen LogP contribution is 2.77. The molecule has 0 radical (unpaired) electrons. The number of nitrogens with one attached hydrogen (secondary N) is 2. The molecule has 10 atom stereocenters. The summed E-state index contributed by atoms with van der Waals surface area (Å²) in [6.07, 6.45) is 14.7. The number of fused-ring (bicyclic) bond motifs is 7. The van der Waals surface area contributed by atoms with E-state index in [0.29, 0.717) is 48.5 Å². The monoisotopic (exact) mass is 801 g/mol. The Hall–Kier alpha value is -3.14. The van der Waals surface area contributed by atoms with Crippen molar-refractivity contribution in [1.82, 2.24) is 20.6 Å². The molecule has 10 nitrogen and oxygen atoms in total. The number of aliphatic carboxylic acids is 1. The molecule has 7 rings (SSSR count). The summed E-state index contributed by atoms with van der Waals surface area (Å²) >= 11 is 0. The van der Waals surface area contributed by atoms with Crippen LogP contribution in [0.15, 0.2) is 29.9 Å².